The summed E-state index contributed by atoms with van der Waals surface area (Å²) in [6, 6.07) is 13.9. The van der Waals surface area contributed by atoms with Gasteiger partial charge in [-0.05, 0) is 36.2 Å². The third-order valence-electron chi connectivity index (χ3n) is 2.97. The van der Waals surface area contributed by atoms with Crippen LogP contribution in [0, 0.1) is 0 Å². The van der Waals surface area contributed by atoms with Crippen molar-refractivity contribution in [1.29, 1.82) is 0 Å². The quantitative estimate of drug-likeness (QED) is 0.866. The number of rotatable bonds is 5. The van der Waals surface area contributed by atoms with Crippen LogP contribution in [0.15, 0.2) is 53.0 Å². The maximum absolute atomic E-state index is 11.9. The first kappa shape index (κ1) is 15.3. The van der Waals surface area contributed by atoms with Crippen LogP contribution in [-0.4, -0.2) is 17.0 Å². The summed E-state index contributed by atoms with van der Waals surface area (Å²) in [6.45, 7) is 0. The second-order valence-electron chi connectivity index (χ2n) is 4.53. The van der Waals surface area contributed by atoms with Crippen LogP contribution in [0.25, 0.3) is 0 Å². The first-order valence-corrected chi connectivity index (χ1v) is 7.22. The van der Waals surface area contributed by atoms with Crippen LogP contribution in [-0.2, 0) is 11.2 Å². The number of halogens is 1. The Balaban J connectivity index is 1.95. The molecule has 0 aromatic heterocycles. The minimum Gasteiger partial charge on any atom is -0.478 e. The number of aromatic carboxylic acids is 1. The molecule has 0 aliphatic rings. The molecule has 1 amide bonds. The molecule has 0 saturated carbocycles. The Labute approximate surface area is 130 Å². The van der Waals surface area contributed by atoms with E-state index in [1.54, 1.807) is 12.1 Å². The van der Waals surface area contributed by atoms with Gasteiger partial charge in [0.05, 0.1) is 5.56 Å². The van der Waals surface area contributed by atoms with Crippen molar-refractivity contribution in [2.75, 3.05) is 5.32 Å². The van der Waals surface area contributed by atoms with Crippen molar-refractivity contribution in [3.8, 4) is 0 Å². The van der Waals surface area contributed by atoms with Crippen LogP contribution in [0.2, 0.25) is 0 Å². The molecule has 0 spiro atoms. The molecule has 5 heteroatoms. The fraction of sp³-hybridized carbons (Fsp3) is 0.125. The lowest BCUT2D eigenvalue weighted by atomic mass is 10.1. The van der Waals surface area contributed by atoms with E-state index in [-0.39, 0.29) is 11.5 Å². The summed E-state index contributed by atoms with van der Waals surface area (Å²) in [6.07, 6.45) is 0.950. The van der Waals surface area contributed by atoms with E-state index in [1.807, 2.05) is 24.3 Å². The van der Waals surface area contributed by atoms with Gasteiger partial charge in [0.15, 0.2) is 0 Å². The Hall–Kier alpha value is -2.14. The van der Waals surface area contributed by atoms with Gasteiger partial charge in [-0.1, -0.05) is 40.2 Å². The molecule has 0 unspecified atom stereocenters. The van der Waals surface area contributed by atoms with E-state index < -0.39 is 5.97 Å². The van der Waals surface area contributed by atoms with Gasteiger partial charge in [-0.25, -0.2) is 4.79 Å². The van der Waals surface area contributed by atoms with Crippen LogP contribution in [0.5, 0.6) is 0 Å². The van der Waals surface area contributed by atoms with E-state index in [2.05, 4.69) is 21.2 Å². The van der Waals surface area contributed by atoms with Gasteiger partial charge in [0.25, 0.3) is 0 Å². The average Bonchev–Trinajstić information content (AvgIpc) is 2.46. The number of aryl methyl sites for hydroxylation is 1. The van der Waals surface area contributed by atoms with Gasteiger partial charge in [-0.2, -0.15) is 0 Å². The number of carbonyl (C=O) groups is 2. The van der Waals surface area contributed by atoms with E-state index >= 15 is 0 Å². The molecule has 0 saturated heterocycles. The van der Waals surface area contributed by atoms with Crippen LogP contribution in [0.3, 0.4) is 0 Å². The number of nitrogens with one attached hydrogen (secondary N) is 1. The standard InChI is InChI=1S/C16H14BrNO3/c17-14-7-2-1-4-11(14)8-9-15(19)18-13-6-3-5-12(10-13)16(20)21/h1-7,10H,8-9H2,(H,18,19)(H,20,21). The minimum atomic E-state index is -1.01. The number of hydrogen-bond acceptors (Lipinski definition) is 2. The normalized spacial score (nSPS) is 10.1. The first-order valence-electron chi connectivity index (χ1n) is 6.43. The number of carbonyl (C=O) groups excluding carboxylic acids is 1. The SMILES string of the molecule is O=C(CCc1ccccc1Br)Nc1cccc(C(=O)O)c1. The molecule has 2 aromatic carbocycles. The third kappa shape index (κ3) is 4.43. The number of amides is 1. The van der Waals surface area contributed by atoms with Crippen molar-refractivity contribution in [1.82, 2.24) is 0 Å². The van der Waals surface area contributed by atoms with Gasteiger partial charge >= 0.3 is 5.97 Å². The van der Waals surface area contributed by atoms with Gasteiger partial charge in [-0.3, -0.25) is 4.79 Å². The van der Waals surface area contributed by atoms with Gasteiger partial charge in [0.1, 0.15) is 0 Å². The Bertz CT molecular complexity index is 670. The highest BCUT2D eigenvalue weighted by Crippen LogP contribution is 2.18. The number of carboxylic acid groups (broad SMARTS) is 1. The van der Waals surface area contributed by atoms with Crippen molar-refractivity contribution in [3.05, 3.63) is 64.1 Å². The Kier molecular flexibility index (Phi) is 5.11. The summed E-state index contributed by atoms with van der Waals surface area (Å²) < 4.78 is 0.977. The summed E-state index contributed by atoms with van der Waals surface area (Å²) in [5.74, 6) is -1.16. The van der Waals surface area contributed by atoms with E-state index in [4.69, 9.17) is 5.11 Å². The van der Waals surface area contributed by atoms with Crippen molar-refractivity contribution in [2.24, 2.45) is 0 Å². The van der Waals surface area contributed by atoms with Crippen molar-refractivity contribution >= 4 is 33.5 Å². The topological polar surface area (TPSA) is 66.4 Å². The predicted octanol–water partition coefficient (Wildman–Crippen LogP) is 3.72. The fourth-order valence-electron chi connectivity index (χ4n) is 1.90. The minimum absolute atomic E-state index is 0.145. The lowest BCUT2D eigenvalue weighted by molar-refractivity contribution is -0.116. The van der Waals surface area contributed by atoms with Gasteiger partial charge < -0.3 is 10.4 Å². The highest BCUT2D eigenvalue weighted by Gasteiger charge is 2.07. The zero-order valence-corrected chi connectivity index (χ0v) is 12.8. The molecule has 2 N–H and O–H groups in total. The number of benzene rings is 2. The zero-order valence-electron chi connectivity index (χ0n) is 11.2. The predicted molar refractivity (Wildman–Crippen MR) is 84.5 cm³/mol. The molecule has 2 rings (SSSR count). The van der Waals surface area contributed by atoms with Crippen LogP contribution in [0.4, 0.5) is 5.69 Å². The Morgan fingerprint density at radius 2 is 1.86 bits per heavy atom. The molecule has 0 radical (unpaired) electrons. The molecule has 0 aliphatic heterocycles. The number of anilines is 1. The highest BCUT2D eigenvalue weighted by atomic mass is 79.9. The van der Waals surface area contributed by atoms with E-state index in [1.165, 1.54) is 12.1 Å². The van der Waals surface area contributed by atoms with Crippen LogP contribution < -0.4 is 5.32 Å². The Morgan fingerprint density at radius 1 is 1.10 bits per heavy atom. The second-order valence-corrected chi connectivity index (χ2v) is 5.38. The summed E-state index contributed by atoms with van der Waals surface area (Å²) in [5, 5.41) is 11.6. The highest BCUT2D eigenvalue weighted by molar-refractivity contribution is 9.10. The monoisotopic (exact) mass is 347 g/mol. The largest absolute Gasteiger partial charge is 0.478 e. The molecule has 0 fully saturated rings. The molecule has 2 aromatic rings. The second kappa shape index (κ2) is 7.04. The van der Waals surface area contributed by atoms with Gasteiger partial charge in [-0.15, -0.1) is 0 Å². The number of hydrogen-bond donors (Lipinski definition) is 2. The zero-order chi connectivity index (χ0) is 15.2. The van der Waals surface area contributed by atoms with E-state index in [0.717, 1.165) is 10.0 Å². The lowest BCUT2D eigenvalue weighted by Crippen LogP contribution is -2.13. The summed E-state index contributed by atoms with van der Waals surface area (Å²) in [7, 11) is 0. The molecule has 21 heavy (non-hydrogen) atoms. The fourth-order valence-corrected chi connectivity index (χ4v) is 2.39. The lowest BCUT2D eigenvalue weighted by Gasteiger charge is -2.07. The Morgan fingerprint density at radius 3 is 2.57 bits per heavy atom. The summed E-state index contributed by atoms with van der Waals surface area (Å²) in [4.78, 5) is 22.8. The molecule has 0 heterocycles. The average molecular weight is 348 g/mol. The maximum atomic E-state index is 11.9. The smallest absolute Gasteiger partial charge is 0.335 e. The van der Waals surface area contributed by atoms with Gasteiger partial charge in [0, 0.05) is 16.6 Å². The summed E-state index contributed by atoms with van der Waals surface area (Å²) in [5.41, 5.74) is 1.71. The van der Waals surface area contributed by atoms with Crippen molar-refractivity contribution in [2.45, 2.75) is 12.8 Å². The summed E-state index contributed by atoms with van der Waals surface area (Å²) >= 11 is 3.44. The molecule has 4 nitrogen and oxygen atoms in total. The maximum Gasteiger partial charge on any atom is 0.335 e. The van der Waals surface area contributed by atoms with Gasteiger partial charge in [0.2, 0.25) is 5.91 Å². The third-order valence-corrected chi connectivity index (χ3v) is 3.75. The molecule has 0 aliphatic carbocycles. The van der Waals surface area contributed by atoms with Crippen molar-refractivity contribution < 1.29 is 14.7 Å². The van der Waals surface area contributed by atoms with E-state index in [0.29, 0.717) is 18.5 Å². The van der Waals surface area contributed by atoms with Crippen LogP contribution >= 0.6 is 15.9 Å². The van der Waals surface area contributed by atoms with Crippen LogP contribution in [0.1, 0.15) is 22.3 Å². The molecular formula is C16H14BrNO3. The molecule has 0 bridgehead atoms. The molecule has 0 atom stereocenters. The molecule has 108 valence electrons. The first-order chi connectivity index (χ1) is 10.1. The van der Waals surface area contributed by atoms with E-state index in [9.17, 15) is 9.59 Å². The molecular weight excluding hydrogens is 334 g/mol. The number of carboxylic acids is 1. The van der Waals surface area contributed by atoms with Crippen molar-refractivity contribution in [3.63, 3.8) is 0 Å².